The van der Waals surface area contributed by atoms with Crippen LogP contribution in [0.2, 0.25) is 0 Å². The SMILES string of the molecule is Cc1ccc(COc2ccc3c(=O)c(Oc4ccc(C)cc4)c(C(F)(F)F)oc3c2)cc1. The first kappa shape index (κ1) is 21.5. The molecule has 4 aromatic rings. The van der Waals surface area contributed by atoms with Crippen LogP contribution in [-0.4, -0.2) is 0 Å². The highest BCUT2D eigenvalue weighted by Crippen LogP contribution is 2.38. The predicted octanol–water partition coefficient (Wildman–Crippen LogP) is 6.80. The Kier molecular flexibility index (Phi) is 5.65. The zero-order valence-electron chi connectivity index (χ0n) is 17.3. The Bertz CT molecular complexity index is 1300. The number of rotatable bonds is 5. The van der Waals surface area contributed by atoms with Crippen molar-refractivity contribution in [3.63, 3.8) is 0 Å². The van der Waals surface area contributed by atoms with Crippen LogP contribution in [0, 0.1) is 13.8 Å². The van der Waals surface area contributed by atoms with Crippen molar-refractivity contribution >= 4 is 11.0 Å². The van der Waals surface area contributed by atoms with Crippen molar-refractivity contribution < 1.29 is 27.1 Å². The molecule has 0 aliphatic carbocycles. The first-order valence-electron chi connectivity index (χ1n) is 9.81. The molecular formula is C25H19F3O4. The van der Waals surface area contributed by atoms with Gasteiger partial charge in [-0.05, 0) is 43.7 Å². The standard InChI is InChI=1S/C25H19F3O4/c1-15-3-7-17(8-4-15)14-30-19-11-12-20-21(13-19)32-24(25(26,27)28)23(22(20)29)31-18-9-5-16(2)6-10-18/h3-13H,14H2,1-2H3. The Morgan fingerprint density at radius 2 is 1.44 bits per heavy atom. The fraction of sp³-hybridized carbons (Fsp3) is 0.160. The van der Waals surface area contributed by atoms with Gasteiger partial charge in [-0.1, -0.05) is 47.5 Å². The maximum absolute atomic E-state index is 13.7. The third-order valence-electron chi connectivity index (χ3n) is 4.85. The van der Waals surface area contributed by atoms with Gasteiger partial charge in [0.1, 0.15) is 23.7 Å². The zero-order chi connectivity index (χ0) is 22.9. The van der Waals surface area contributed by atoms with Gasteiger partial charge in [0.05, 0.1) is 5.39 Å². The average molecular weight is 440 g/mol. The summed E-state index contributed by atoms with van der Waals surface area (Å²) in [7, 11) is 0. The molecule has 0 atom stereocenters. The molecule has 0 N–H and O–H groups in total. The number of halogens is 3. The summed E-state index contributed by atoms with van der Waals surface area (Å²) in [5.41, 5.74) is 1.75. The number of aryl methyl sites for hydroxylation is 2. The van der Waals surface area contributed by atoms with Gasteiger partial charge in [-0.2, -0.15) is 13.2 Å². The first-order chi connectivity index (χ1) is 15.2. The number of ether oxygens (including phenoxy) is 2. The molecule has 0 bridgehead atoms. The lowest BCUT2D eigenvalue weighted by Gasteiger charge is -2.14. The minimum Gasteiger partial charge on any atom is -0.489 e. The molecule has 1 heterocycles. The maximum atomic E-state index is 13.7. The van der Waals surface area contributed by atoms with Crippen molar-refractivity contribution in [1.82, 2.24) is 0 Å². The topological polar surface area (TPSA) is 48.7 Å². The van der Waals surface area contributed by atoms with Crippen molar-refractivity contribution in [2.75, 3.05) is 0 Å². The molecule has 0 fully saturated rings. The predicted molar refractivity (Wildman–Crippen MR) is 114 cm³/mol. The van der Waals surface area contributed by atoms with Gasteiger partial charge in [0.25, 0.3) is 5.76 Å². The molecule has 0 spiro atoms. The number of hydrogen-bond acceptors (Lipinski definition) is 4. The van der Waals surface area contributed by atoms with Gasteiger partial charge in [0.2, 0.25) is 11.2 Å². The minimum absolute atomic E-state index is 0.0391. The number of fused-ring (bicyclic) bond motifs is 1. The fourth-order valence-electron chi connectivity index (χ4n) is 3.10. The third-order valence-corrected chi connectivity index (χ3v) is 4.85. The largest absolute Gasteiger partial charge is 0.489 e. The van der Waals surface area contributed by atoms with E-state index in [2.05, 4.69) is 0 Å². The van der Waals surface area contributed by atoms with Crippen LogP contribution in [0.3, 0.4) is 0 Å². The highest BCUT2D eigenvalue weighted by atomic mass is 19.4. The van der Waals surface area contributed by atoms with Gasteiger partial charge in [-0.15, -0.1) is 0 Å². The normalized spacial score (nSPS) is 11.5. The van der Waals surface area contributed by atoms with Crippen LogP contribution in [0.1, 0.15) is 22.5 Å². The molecule has 7 heteroatoms. The lowest BCUT2D eigenvalue weighted by molar-refractivity contribution is -0.154. The van der Waals surface area contributed by atoms with Gasteiger partial charge in [-0.25, -0.2) is 0 Å². The van der Waals surface area contributed by atoms with Crippen LogP contribution in [-0.2, 0) is 12.8 Å². The first-order valence-corrected chi connectivity index (χ1v) is 9.81. The van der Waals surface area contributed by atoms with Crippen LogP contribution in [0.5, 0.6) is 17.2 Å². The fourth-order valence-corrected chi connectivity index (χ4v) is 3.10. The number of alkyl halides is 3. The van der Waals surface area contributed by atoms with Gasteiger partial charge in [-0.3, -0.25) is 4.79 Å². The number of benzene rings is 3. The van der Waals surface area contributed by atoms with E-state index in [1.807, 2.05) is 38.1 Å². The van der Waals surface area contributed by atoms with E-state index >= 15 is 0 Å². The lowest BCUT2D eigenvalue weighted by Crippen LogP contribution is -2.15. The third kappa shape index (κ3) is 4.61. The maximum Gasteiger partial charge on any atom is 0.453 e. The van der Waals surface area contributed by atoms with Crippen LogP contribution < -0.4 is 14.9 Å². The molecule has 0 aliphatic heterocycles. The smallest absolute Gasteiger partial charge is 0.453 e. The Balaban J connectivity index is 1.71. The highest BCUT2D eigenvalue weighted by Gasteiger charge is 2.40. The molecular weight excluding hydrogens is 421 g/mol. The molecule has 3 aromatic carbocycles. The van der Waals surface area contributed by atoms with Gasteiger partial charge < -0.3 is 13.9 Å². The average Bonchev–Trinajstić information content (AvgIpc) is 2.75. The molecule has 4 rings (SSSR count). The summed E-state index contributed by atoms with van der Waals surface area (Å²) in [6, 6.07) is 18.1. The second-order valence-corrected chi connectivity index (χ2v) is 7.43. The van der Waals surface area contributed by atoms with E-state index in [1.54, 1.807) is 12.1 Å². The molecule has 164 valence electrons. The van der Waals surface area contributed by atoms with Crippen molar-refractivity contribution in [2.24, 2.45) is 0 Å². The highest BCUT2D eigenvalue weighted by molar-refractivity contribution is 5.79. The van der Waals surface area contributed by atoms with Crippen LogP contribution in [0.15, 0.2) is 75.9 Å². The molecule has 0 saturated carbocycles. The molecule has 0 amide bonds. The van der Waals surface area contributed by atoms with Crippen LogP contribution in [0.25, 0.3) is 11.0 Å². The van der Waals surface area contributed by atoms with E-state index in [1.165, 1.54) is 30.3 Å². The van der Waals surface area contributed by atoms with Crippen molar-refractivity contribution in [3.05, 3.63) is 99.4 Å². The van der Waals surface area contributed by atoms with E-state index in [9.17, 15) is 18.0 Å². The Labute approximate surface area is 181 Å². The van der Waals surface area contributed by atoms with E-state index in [0.717, 1.165) is 16.7 Å². The molecule has 1 aromatic heterocycles. The summed E-state index contributed by atoms with van der Waals surface area (Å²) in [5.74, 6) is -2.01. The Morgan fingerprint density at radius 3 is 2.06 bits per heavy atom. The monoisotopic (exact) mass is 440 g/mol. The van der Waals surface area contributed by atoms with E-state index in [0.29, 0.717) is 0 Å². The summed E-state index contributed by atoms with van der Waals surface area (Å²) < 4.78 is 57.1. The van der Waals surface area contributed by atoms with E-state index in [4.69, 9.17) is 13.9 Å². The molecule has 0 saturated heterocycles. The molecule has 0 unspecified atom stereocenters. The van der Waals surface area contributed by atoms with Crippen LogP contribution >= 0.6 is 0 Å². The second-order valence-electron chi connectivity index (χ2n) is 7.43. The summed E-state index contributed by atoms with van der Waals surface area (Å²) >= 11 is 0. The molecule has 0 radical (unpaired) electrons. The molecule has 0 aliphatic rings. The Hall–Kier alpha value is -3.74. The van der Waals surface area contributed by atoms with Gasteiger partial charge in [0, 0.05) is 6.07 Å². The van der Waals surface area contributed by atoms with Gasteiger partial charge >= 0.3 is 6.18 Å². The van der Waals surface area contributed by atoms with E-state index < -0.39 is 23.1 Å². The summed E-state index contributed by atoms with van der Waals surface area (Å²) in [5, 5.41) is -0.0391. The van der Waals surface area contributed by atoms with Crippen molar-refractivity contribution in [2.45, 2.75) is 26.6 Å². The minimum atomic E-state index is -4.92. The lowest BCUT2D eigenvalue weighted by atomic mass is 10.1. The van der Waals surface area contributed by atoms with E-state index in [-0.39, 0.29) is 29.1 Å². The van der Waals surface area contributed by atoms with Crippen molar-refractivity contribution in [3.8, 4) is 17.2 Å². The summed E-state index contributed by atoms with van der Waals surface area (Å²) in [6.45, 7) is 4.01. The van der Waals surface area contributed by atoms with Crippen LogP contribution in [0.4, 0.5) is 13.2 Å². The van der Waals surface area contributed by atoms with Gasteiger partial charge in [0.15, 0.2) is 0 Å². The summed E-state index contributed by atoms with van der Waals surface area (Å²) in [4.78, 5) is 12.9. The quantitative estimate of drug-likeness (QED) is 0.342. The molecule has 4 nitrogen and oxygen atoms in total. The Morgan fingerprint density at radius 1 is 0.844 bits per heavy atom. The van der Waals surface area contributed by atoms with Crippen molar-refractivity contribution in [1.29, 1.82) is 0 Å². The second kappa shape index (κ2) is 8.42. The molecule has 32 heavy (non-hydrogen) atoms. The zero-order valence-corrected chi connectivity index (χ0v) is 17.3. The summed E-state index contributed by atoms with van der Waals surface area (Å²) in [6.07, 6.45) is -4.92. The number of hydrogen-bond donors (Lipinski definition) is 0.